The molecular weight excluding hydrogens is 256 g/mol. The van der Waals surface area contributed by atoms with Crippen molar-refractivity contribution in [2.24, 2.45) is 0 Å². The van der Waals surface area contributed by atoms with Crippen molar-refractivity contribution >= 4 is 17.5 Å². The van der Waals surface area contributed by atoms with Crippen molar-refractivity contribution in [3.63, 3.8) is 0 Å². The number of carbonyl (C=O) groups excluding carboxylic acids is 2. The Morgan fingerprint density at radius 1 is 0.850 bits per heavy atom. The van der Waals surface area contributed by atoms with Crippen LogP contribution in [-0.4, -0.2) is 22.6 Å². The lowest BCUT2D eigenvalue weighted by molar-refractivity contribution is 0.0691. The molecule has 0 aliphatic rings. The highest BCUT2D eigenvalue weighted by atomic mass is 16.4. The normalized spacial score (nSPS) is 10.1. The van der Waals surface area contributed by atoms with Crippen LogP contribution in [0.3, 0.4) is 0 Å². The van der Waals surface area contributed by atoms with Crippen LogP contribution in [-0.2, 0) is 0 Å². The van der Waals surface area contributed by atoms with Crippen molar-refractivity contribution in [2.75, 3.05) is 0 Å². The summed E-state index contributed by atoms with van der Waals surface area (Å²) < 4.78 is 0. The number of Topliss-reactive ketones (excluding diaryl/α,β-unsaturated/α-hetero) is 2. The average molecular weight is 268 g/mol. The molecule has 0 aliphatic heterocycles. The Bertz CT molecular complexity index is 701. The van der Waals surface area contributed by atoms with E-state index in [4.69, 9.17) is 5.11 Å². The van der Waals surface area contributed by atoms with Gasteiger partial charge in [0, 0.05) is 11.1 Å². The van der Waals surface area contributed by atoms with E-state index in [1.54, 1.807) is 12.1 Å². The second-order valence-electron chi connectivity index (χ2n) is 4.38. The summed E-state index contributed by atoms with van der Waals surface area (Å²) in [4.78, 5) is 35.4. The summed E-state index contributed by atoms with van der Waals surface area (Å²) in [5, 5.41) is 9.05. The Labute approximate surface area is 115 Å². The Morgan fingerprint density at radius 2 is 1.50 bits per heavy atom. The van der Waals surface area contributed by atoms with Gasteiger partial charge in [-0.25, -0.2) is 4.79 Å². The highest BCUT2D eigenvalue weighted by Gasteiger charge is 2.23. The molecule has 4 nitrogen and oxygen atoms in total. The van der Waals surface area contributed by atoms with Crippen LogP contribution < -0.4 is 0 Å². The van der Waals surface area contributed by atoms with Gasteiger partial charge in [-0.05, 0) is 19.1 Å². The van der Waals surface area contributed by atoms with Gasteiger partial charge in [-0.1, -0.05) is 42.0 Å². The molecule has 20 heavy (non-hydrogen) atoms. The summed E-state index contributed by atoms with van der Waals surface area (Å²) in [7, 11) is 0. The molecule has 2 aromatic carbocycles. The lowest BCUT2D eigenvalue weighted by Crippen LogP contribution is -2.18. The van der Waals surface area contributed by atoms with Crippen molar-refractivity contribution in [2.45, 2.75) is 6.92 Å². The minimum absolute atomic E-state index is 0.0912. The maximum atomic E-state index is 12.2. The number of hydrogen-bond acceptors (Lipinski definition) is 3. The van der Waals surface area contributed by atoms with Crippen LogP contribution in [0.2, 0.25) is 0 Å². The van der Waals surface area contributed by atoms with Crippen LogP contribution in [0, 0.1) is 6.92 Å². The quantitative estimate of drug-likeness (QED) is 0.683. The van der Waals surface area contributed by atoms with Gasteiger partial charge in [-0.15, -0.1) is 0 Å². The number of carbonyl (C=O) groups is 3. The highest BCUT2D eigenvalue weighted by Crippen LogP contribution is 2.14. The van der Waals surface area contributed by atoms with Gasteiger partial charge in [-0.2, -0.15) is 0 Å². The molecule has 0 spiro atoms. The first-order chi connectivity index (χ1) is 9.50. The van der Waals surface area contributed by atoms with Crippen LogP contribution in [0.15, 0.2) is 48.5 Å². The molecule has 2 rings (SSSR count). The number of ketones is 2. The van der Waals surface area contributed by atoms with Crippen LogP contribution >= 0.6 is 0 Å². The first kappa shape index (κ1) is 13.7. The zero-order valence-corrected chi connectivity index (χ0v) is 10.8. The van der Waals surface area contributed by atoms with E-state index in [-0.39, 0.29) is 16.7 Å². The molecule has 0 amide bonds. The molecule has 1 N–H and O–H groups in total. The standard InChI is InChI=1S/C16H12O4/c1-10-5-4-6-11(9-10)14(17)15(18)12-7-2-3-8-13(12)16(19)20/h2-9H,1H3,(H,19,20). The molecule has 0 aromatic heterocycles. The fourth-order valence-corrected chi connectivity index (χ4v) is 1.91. The van der Waals surface area contributed by atoms with Crippen molar-refractivity contribution in [3.8, 4) is 0 Å². The maximum absolute atomic E-state index is 12.2. The topological polar surface area (TPSA) is 71.4 Å². The van der Waals surface area contributed by atoms with Gasteiger partial charge >= 0.3 is 5.97 Å². The highest BCUT2D eigenvalue weighted by molar-refractivity contribution is 6.50. The van der Waals surface area contributed by atoms with Gasteiger partial charge in [0.2, 0.25) is 11.6 Å². The van der Waals surface area contributed by atoms with Crippen molar-refractivity contribution in [3.05, 3.63) is 70.8 Å². The van der Waals surface area contributed by atoms with Gasteiger partial charge in [0.15, 0.2) is 0 Å². The molecule has 0 saturated carbocycles. The Morgan fingerprint density at radius 3 is 2.10 bits per heavy atom. The molecule has 4 heteroatoms. The molecular formula is C16H12O4. The minimum Gasteiger partial charge on any atom is -0.478 e. The predicted molar refractivity (Wildman–Crippen MR) is 73.2 cm³/mol. The van der Waals surface area contributed by atoms with E-state index < -0.39 is 17.5 Å². The summed E-state index contributed by atoms with van der Waals surface area (Å²) in [6.45, 7) is 1.81. The molecule has 0 unspecified atom stereocenters. The Hall–Kier alpha value is -2.75. The van der Waals surface area contributed by atoms with Crippen LogP contribution in [0.25, 0.3) is 0 Å². The summed E-state index contributed by atoms with van der Waals surface area (Å²) in [6, 6.07) is 12.3. The first-order valence-electron chi connectivity index (χ1n) is 5.98. The molecule has 0 aliphatic carbocycles. The zero-order chi connectivity index (χ0) is 14.7. The molecule has 0 fully saturated rings. The number of aryl methyl sites for hydroxylation is 1. The van der Waals surface area contributed by atoms with Gasteiger partial charge in [0.05, 0.1) is 5.56 Å². The van der Waals surface area contributed by atoms with Crippen molar-refractivity contribution < 1.29 is 19.5 Å². The average Bonchev–Trinajstić information content (AvgIpc) is 2.45. The fraction of sp³-hybridized carbons (Fsp3) is 0.0625. The molecule has 0 bridgehead atoms. The summed E-state index contributed by atoms with van der Waals surface area (Å²) in [5.74, 6) is -2.75. The largest absolute Gasteiger partial charge is 0.478 e. The lowest BCUT2D eigenvalue weighted by Gasteiger charge is -2.05. The zero-order valence-electron chi connectivity index (χ0n) is 10.8. The molecule has 0 radical (unpaired) electrons. The van der Waals surface area contributed by atoms with Crippen LogP contribution in [0.1, 0.15) is 36.6 Å². The second-order valence-corrected chi connectivity index (χ2v) is 4.38. The molecule has 0 saturated heterocycles. The number of carboxylic acid groups (broad SMARTS) is 1. The molecule has 0 heterocycles. The summed E-state index contributed by atoms with van der Waals surface area (Å²) in [6.07, 6.45) is 0. The third-order valence-corrected chi connectivity index (χ3v) is 2.89. The number of rotatable bonds is 4. The first-order valence-corrected chi connectivity index (χ1v) is 5.98. The molecule has 2 aromatic rings. The van der Waals surface area contributed by atoms with Crippen molar-refractivity contribution in [1.29, 1.82) is 0 Å². The monoisotopic (exact) mass is 268 g/mol. The second kappa shape index (κ2) is 5.48. The number of carboxylic acids is 1. The number of benzene rings is 2. The van der Waals surface area contributed by atoms with E-state index >= 15 is 0 Å². The lowest BCUT2D eigenvalue weighted by atomic mass is 9.97. The smallest absolute Gasteiger partial charge is 0.336 e. The summed E-state index contributed by atoms with van der Waals surface area (Å²) in [5.41, 5.74) is 0.857. The van der Waals surface area contributed by atoms with Crippen LogP contribution in [0.4, 0.5) is 0 Å². The van der Waals surface area contributed by atoms with E-state index in [1.807, 2.05) is 13.0 Å². The SMILES string of the molecule is Cc1cccc(C(=O)C(=O)c2ccccc2C(=O)O)c1. The van der Waals surface area contributed by atoms with E-state index in [2.05, 4.69) is 0 Å². The third-order valence-electron chi connectivity index (χ3n) is 2.89. The van der Waals surface area contributed by atoms with E-state index in [0.29, 0.717) is 0 Å². The Kier molecular flexibility index (Phi) is 3.75. The summed E-state index contributed by atoms with van der Waals surface area (Å²) >= 11 is 0. The van der Waals surface area contributed by atoms with Crippen molar-refractivity contribution in [1.82, 2.24) is 0 Å². The van der Waals surface area contributed by atoms with Gasteiger partial charge < -0.3 is 5.11 Å². The minimum atomic E-state index is -1.23. The molecule has 100 valence electrons. The maximum Gasteiger partial charge on any atom is 0.336 e. The number of aromatic carboxylic acids is 1. The molecule has 0 atom stereocenters. The fourth-order valence-electron chi connectivity index (χ4n) is 1.91. The third kappa shape index (κ3) is 2.64. The van der Waals surface area contributed by atoms with E-state index in [9.17, 15) is 14.4 Å². The predicted octanol–water partition coefficient (Wildman–Crippen LogP) is 2.76. The van der Waals surface area contributed by atoms with Crippen LogP contribution in [0.5, 0.6) is 0 Å². The van der Waals surface area contributed by atoms with E-state index in [1.165, 1.54) is 30.3 Å². The van der Waals surface area contributed by atoms with Gasteiger partial charge in [0.1, 0.15) is 0 Å². The van der Waals surface area contributed by atoms with Gasteiger partial charge in [0.25, 0.3) is 0 Å². The van der Waals surface area contributed by atoms with E-state index in [0.717, 1.165) is 5.56 Å². The number of hydrogen-bond donors (Lipinski definition) is 1. The van der Waals surface area contributed by atoms with Gasteiger partial charge in [-0.3, -0.25) is 9.59 Å². The Balaban J connectivity index is 2.42.